The van der Waals surface area contributed by atoms with Gasteiger partial charge >= 0.3 is 0 Å². The first-order valence-electron chi connectivity index (χ1n) is 8.21. The number of nitrogens with zero attached hydrogens (tertiary/aromatic N) is 3. The minimum atomic E-state index is -0.0707. The van der Waals surface area contributed by atoms with E-state index >= 15 is 0 Å². The number of carbonyl (C=O) groups is 1. The van der Waals surface area contributed by atoms with Gasteiger partial charge in [0.1, 0.15) is 11.9 Å². The maximum absolute atomic E-state index is 12.9. The Morgan fingerprint density at radius 2 is 2.21 bits per heavy atom. The smallest absolute Gasteiger partial charge is 0.257 e. The van der Waals surface area contributed by atoms with Crippen LogP contribution in [0.1, 0.15) is 30.1 Å². The Labute approximate surface area is 141 Å². The molecule has 1 unspecified atom stereocenters. The summed E-state index contributed by atoms with van der Waals surface area (Å²) in [5.41, 5.74) is 0.597. The van der Waals surface area contributed by atoms with Gasteiger partial charge in [-0.05, 0) is 31.9 Å². The van der Waals surface area contributed by atoms with Gasteiger partial charge in [-0.2, -0.15) is 0 Å². The molecule has 6 heteroatoms. The number of benzene rings is 1. The molecule has 1 aromatic carbocycles. The van der Waals surface area contributed by atoms with E-state index in [0.29, 0.717) is 30.3 Å². The number of likely N-dealkylation sites (tertiary alicyclic amines) is 1. The number of amides is 1. The van der Waals surface area contributed by atoms with Crippen LogP contribution in [0.15, 0.2) is 42.9 Å². The molecule has 126 valence electrons. The molecule has 3 rings (SSSR count). The Morgan fingerprint density at radius 3 is 3.00 bits per heavy atom. The second-order valence-electron chi connectivity index (χ2n) is 5.61. The number of hydrogen-bond acceptors (Lipinski definition) is 5. The van der Waals surface area contributed by atoms with Gasteiger partial charge in [-0.15, -0.1) is 0 Å². The molecule has 0 saturated carbocycles. The van der Waals surface area contributed by atoms with E-state index in [9.17, 15) is 4.79 Å². The van der Waals surface area contributed by atoms with Gasteiger partial charge in [-0.3, -0.25) is 9.78 Å². The fraction of sp³-hybridized carbons (Fsp3) is 0.389. The molecule has 0 aliphatic carbocycles. The average Bonchev–Trinajstić information content (AvgIpc) is 2.63. The van der Waals surface area contributed by atoms with E-state index in [0.717, 1.165) is 19.4 Å². The fourth-order valence-corrected chi connectivity index (χ4v) is 2.83. The summed E-state index contributed by atoms with van der Waals surface area (Å²) >= 11 is 0. The molecule has 1 aromatic heterocycles. The number of ether oxygens (including phenoxy) is 2. The second-order valence-corrected chi connectivity index (χ2v) is 5.61. The van der Waals surface area contributed by atoms with Crippen LogP contribution in [0.5, 0.6) is 11.6 Å². The Kier molecular flexibility index (Phi) is 5.25. The molecule has 1 fully saturated rings. The van der Waals surface area contributed by atoms with Crippen molar-refractivity contribution in [2.45, 2.75) is 25.9 Å². The van der Waals surface area contributed by atoms with Gasteiger partial charge in [0.05, 0.1) is 24.9 Å². The largest absolute Gasteiger partial charge is 0.493 e. The minimum absolute atomic E-state index is 0.0218. The van der Waals surface area contributed by atoms with Crippen molar-refractivity contribution in [2.24, 2.45) is 0 Å². The summed E-state index contributed by atoms with van der Waals surface area (Å²) in [7, 11) is 0. The summed E-state index contributed by atoms with van der Waals surface area (Å²) in [6, 6.07) is 7.36. The second kappa shape index (κ2) is 7.77. The first kappa shape index (κ1) is 16.2. The lowest BCUT2D eigenvalue weighted by molar-refractivity contribution is 0.0523. The normalized spacial score (nSPS) is 17.4. The lowest BCUT2D eigenvalue weighted by Crippen LogP contribution is -2.44. The third kappa shape index (κ3) is 3.82. The molecular weight excluding hydrogens is 306 g/mol. The predicted octanol–water partition coefficient (Wildman–Crippen LogP) is 2.56. The molecule has 1 atom stereocenters. The lowest BCUT2D eigenvalue weighted by atomic mass is 10.1. The van der Waals surface area contributed by atoms with Gasteiger partial charge in [0.25, 0.3) is 5.91 Å². The Morgan fingerprint density at radius 1 is 1.33 bits per heavy atom. The minimum Gasteiger partial charge on any atom is -0.493 e. The van der Waals surface area contributed by atoms with E-state index in [1.54, 1.807) is 24.7 Å². The lowest BCUT2D eigenvalue weighted by Gasteiger charge is -2.32. The van der Waals surface area contributed by atoms with E-state index in [1.165, 1.54) is 0 Å². The number of carbonyl (C=O) groups excluding carboxylic acids is 1. The highest BCUT2D eigenvalue weighted by atomic mass is 16.5. The molecular formula is C18H21N3O3. The van der Waals surface area contributed by atoms with Gasteiger partial charge in [-0.1, -0.05) is 12.1 Å². The predicted molar refractivity (Wildman–Crippen MR) is 89.2 cm³/mol. The molecule has 0 bridgehead atoms. The first-order chi connectivity index (χ1) is 11.8. The molecule has 1 amide bonds. The number of hydrogen-bond donors (Lipinski definition) is 0. The summed E-state index contributed by atoms with van der Waals surface area (Å²) < 4.78 is 11.4. The van der Waals surface area contributed by atoms with E-state index in [2.05, 4.69) is 9.97 Å². The molecule has 0 spiro atoms. The molecule has 6 nitrogen and oxygen atoms in total. The topological polar surface area (TPSA) is 64.5 Å². The zero-order valence-corrected chi connectivity index (χ0v) is 13.7. The third-order valence-electron chi connectivity index (χ3n) is 3.91. The number of piperidine rings is 1. The monoisotopic (exact) mass is 327 g/mol. The zero-order valence-electron chi connectivity index (χ0n) is 13.7. The van der Waals surface area contributed by atoms with Gasteiger partial charge in [0.15, 0.2) is 0 Å². The summed E-state index contributed by atoms with van der Waals surface area (Å²) in [6.07, 6.45) is 6.51. The van der Waals surface area contributed by atoms with Gasteiger partial charge in [-0.25, -0.2) is 4.98 Å². The number of rotatable bonds is 5. The highest BCUT2D eigenvalue weighted by Crippen LogP contribution is 2.23. The highest BCUT2D eigenvalue weighted by Gasteiger charge is 2.27. The van der Waals surface area contributed by atoms with Crippen molar-refractivity contribution in [1.82, 2.24) is 14.9 Å². The van der Waals surface area contributed by atoms with Crippen molar-refractivity contribution in [2.75, 3.05) is 19.7 Å². The van der Waals surface area contributed by atoms with Crippen LogP contribution < -0.4 is 9.47 Å². The van der Waals surface area contributed by atoms with Gasteiger partial charge in [0.2, 0.25) is 5.88 Å². The molecule has 24 heavy (non-hydrogen) atoms. The van der Waals surface area contributed by atoms with E-state index in [-0.39, 0.29) is 12.0 Å². The summed E-state index contributed by atoms with van der Waals surface area (Å²) in [5.74, 6) is 1.10. The van der Waals surface area contributed by atoms with Crippen LogP contribution in [0.3, 0.4) is 0 Å². The van der Waals surface area contributed by atoms with Crippen LogP contribution in [-0.4, -0.2) is 46.6 Å². The van der Waals surface area contributed by atoms with Crippen LogP contribution in [0.4, 0.5) is 0 Å². The van der Waals surface area contributed by atoms with Crippen LogP contribution in [0.25, 0.3) is 0 Å². The van der Waals surface area contributed by atoms with E-state index < -0.39 is 0 Å². The summed E-state index contributed by atoms with van der Waals surface area (Å²) in [6.45, 7) is 3.70. The van der Waals surface area contributed by atoms with Crippen molar-refractivity contribution in [3.05, 3.63) is 48.4 Å². The van der Waals surface area contributed by atoms with Crippen LogP contribution in [0, 0.1) is 0 Å². The summed E-state index contributed by atoms with van der Waals surface area (Å²) in [4.78, 5) is 22.8. The zero-order chi connectivity index (χ0) is 16.8. The summed E-state index contributed by atoms with van der Waals surface area (Å²) in [5, 5.41) is 0. The average molecular weight is 327 g/mol. The van der Waals surface area contributed by atoms with Crippen molar-refractivity contribution in [3.8, 4) is 11.6 Å². The van der Waals surface area contributed by atoms with Crippen LogP contribution in [-0.2, 0) is 0 Å². The van der Waals surface area contributed by atoms with Crippen LogP contribution in [0.2, 0.25) is 0 Å². The first-order valence-corrected chi connectivity index (χ1v) is 8.21. The van der Waals surface area contributed by atoms with Gasteiger partial charge < -0.3 is 14.4 Å². The molecule has 0 radical (unpaired) electrons. The molecule has 2 aromatic rings. The Hall–Kier alpha value is -2.63. The van der Waals surface area contributed by atoms with Crippen LogP contribution >= 0.6 is 0 Å². The number of para-hydroxylation sites is 1. The van der Waals surface area contributed by atoms with Crippen molar-refractivity contribution < 1.29 is 14.3 Å². The molecule has 1 saturated heterocycles. The Balaban J connectivity index is 1.69. The van der Waals surface area contributed by atoms with E-state index in [4.69, 9.17) is 9.47 Å². The third-order valence-corrected chi connectivity index (χ3v) is 3.91. The molecule has 0 N–H and O–H groups in total. The SMILES string of the molecule is CCOc1ccccc1C(=O)N1CCCC(Oc2cnccn2)C1. The molecule has 1 aliphatic heterocycles. The molecule has 2 heterocycles. The highest BCUT2D eigenvalue weighted by molar-refractivity contribution is 5.97. The van der Waals surface area contributed by atoms with Crippen molar-refractivity contribution >= 4 is 5.91 Å². The standard InChI is InChI=1S/C18H21N3O3/c1-2-23-16-8-4-3-7-15(16)18(22)21-11-5-6-14(13-21)24-17-12-19-9-10-20-17/h3-4,7-10,12,14H,2,5-6,11,13H2,1H3. The van der Waals surface area contributed by atoms with Crippen molar-refractivity contribution in [1.29, 1.82) is 0 Å². The van der Waals surface area contributed by atoms with Crippen molar-refractivity contribution in [3.63, 3.8) is 0 Å². The fourth-order valence-electron chi connectivity index (χ4n) is 2.83. The number of aromatic nitrogens is 2. The Bertz CT molecular complexity index is 678. The van der Waals surface area contributed by atoms with Gasteiger partial charge in [0, 0.05) is 18.9 Å². The quantitative estimate of drug-likeness (QED) is 0.844. The maximum Gasteiger partial charge on any atom is 0.257 e. The molecule has 1 aliphatic rings. The van der Waals surface area contributed by atoms with E-state index in [1.807, 2.05) is 30.0 Å². The maximum atomic E-state index is 12.9.